The van der Waals surface area contributed by atoms with Gasteiger partial charge in [-0.25, -0.2) is 9.78 Å². The molecule has 2 aromatic rings. The molecule has 1 aliphatic heterocycles. The molecule has 0 radical (unpaired) electrons. The van der Waals surface area contributed by atoms with Crippen molar-refractivity contribution in [1.82, 2.24) is 25.0 Å². The molecular weight excluding hydrogens is 370 g/mol. The Morgan fingerprint density at radius 3 is 2.45 bits per heavy atom. The summed E-state index contributed by atoms with van der Waals surface area (Å²) in [6, 6.07) is 3.85. The van der Waals surface area contributed by atoms with Gasteiger partial charge in [-0.1, -0.05) is 0 Å². The van der Waals surface area contributed by atoms with Crippen molar-refractivity contribution < 1.29 is 14.3 Å². The molecule has 4 rings (SSSR count). The van der Waals surface area contributed by atoms with Gasteiger partial charge in [0.2, 0.25) is 5.91 Å². The summed E-state index contributed by atoms with van der Waals surface area (Å²) >= 11 is 0. The number of carbonyl (C=O) groups is 2. The number of pyridine rings is 1. The molecule has 2 unspecified atom stereocenters. The SMILES string of the molecule is Cn1nc(C(C)(C)NC(=O)C2C3CN(C(=O)OC(C)(C)C)C[C@@H]32)c2cccnc21. The van der Waals surface area contributed by atoms with E-state index in [4.69, 9.17) is 4.74 Å². The first-order valence-electron chi connectivity index (χ1n) is 10.1. The lowest BCUT2D eigenvalue weighted by Gasteiger charge is -2.27. The molecule has 8 heteroatoms. The van der Waals surface area contributed by atoms with Crippen LogP contribution >= 0.6 is 0 Å². The van der Waals surface area contributed by atoms with Crippen LogP contribution in [-0.4, -0.2) is 50.4 Å². The molecule has 1 aliphatic carbocycles. The average Bonchev–Trinajstić information content (AvgIpc) is 2.95. The van der Waals surface area contributed by atoms with Gasteiger partial charge in [0.1, 0.15) is 5.60 Å². The number of aromatic nitrogens is 3. The van der Waals surface area contributed by atoms with Crippen LogP contribution < -0.4 is 5.32 Å². The summed E-state index contributed by atoms with van der Waals surface area (Å²) in [4.78, 5) is 31.3. The molecule has 8 nitrogen and oxygen atoms in total. The highest BCUT2D eigenvalue weighted by molar-refractivity contribution is 5.85. The van der Waals surface area contributed by atoms with E-state index in [1.54, 1.807) is 15.8 Å². The molecule has 1 saturated heterocycles. The van der Waals surface area contributed by atoms with E-state index >= 15 is 0 Å². The molecule has 2 fully saturated rings. The van der Waals surface area contributed by atoms with Gasteiger partial charge in [0, 0.05) is 37.6 Å². The Balaban J connectivity index is 1.41. The fourth-order valence-corrected chi connectivity index (χ4v) is 4.39. The number of ether oxygens (including phenoxy) is 1. The number of likely N-dealkylation sites (tertiary alicyclic amines) is 1. The van der Waals surface area contributed by atoms with Crippen molar-refractivity contribution in [1.29, 1.82) is 0 Å². The number of piperidine rings is 1. The molecule has 1 saturated carbocycles. The summed E-state index contributed by atoms with van der Waals surface area (Å²) in [5.41, 5.74) is 0.463. The Labute approximate surface area is 170 Å². The number of nitrogens with one attached hydrogen (secondary N) is 1. The van der Waals surface area contributed by atoms with Crippen LogP contribution in [0.25, 0.3) is 11.0 Å². The van der Waals surface area contributed by atoms with Crippen molar-refractivity contribution in [2.75, 3.05) is 13.1 Å². The molecule has 0 aromatic carbocycles. The Kier molecular flexibility index (Phi) is 4.36. The average molecular weight is 399 g/mol. The molecule has 156 valence electrons. The number of hydrogen-bond donors (Lipinski definition) is 1. The van der Waals surface area contributed by atoms with Crippen molar-refractivity contribution in [3.63, 3.8) is 0 Å². The third kappa shape index (κ3) is 3.56. The second-order valence-corrected chi connectivity index (χ2v) is 9.70. The Bertz CT molecular complexity index is 962. The summed E-state index contributed by atoms with van der Waals surface area (Å²) in [7, 11) is 1.85. The summed E-state index contributed by atoms with van der Waals surface area (Å²) in [5, 5.41) is 8.72. The van der Waals surface area contributed by atoms with E-state index in [1.807, 2.05) is 53.8 Å². The lowest BCUT2D eigenvalue weighted by molar-refractivity contribution is -0.125. The minimum Gasteiger partial charge on any atom is -0.444 e. The van der Waals surface area contributed by atoms with E-state index < -0.39 is 11.1 Å². The first kappa shape index (κ1) is 19.7. The zero-order chi connectivity index (χ0) is 21.1. The van der Waals surface area contributed by atoms with E-state index in [0.717, 1.165) is 16.7 Å². The molecule has 2 aromatic heterocycles. The van der Waals surface area contributed by atoms with Gasteiger partial charge in [-0.05, 0) is 58.6 Å². The second-order valence-electron chi connectivity index (χ2n) is 9.70. The number of fused-ring (bicyclic) bond motifs is 2. The predicted octanol–water partition coefficient (Wildman–Crippen LogP) is 2.43. The normalized spacial score (nSPS) is 23.8. The standard InChI is InChI=1S/C21H29N5O3/c1-20(2,3)29-19(28)26-10-13-14(11-26)15(13)18(27)23-21(4,5)16-12-8-7-9-22-17(12)25(6)24-16/h7-9,13-15H,10-11H2,1-6H3,(H,23,27)/t13-,14?,15?/m0/s1. The van der Waals surface area contributed by atoms with Crippen LogP contribution in [-0.2, 0) is 22.1 Å². The number of hydrogen-bond acceptors (Lipinski definition) is 5. The molecular formula is C21H29N5O3. The van der Waals surface area contributed by atoms with Crippen LogP contribution in [0, 0.1) is 17.8 Å². The summed E-state index contributed by atoms with van der Waals surface area (Å²) in [5.74, 6) is 0.388. The highest BCUT2D eigenvalue weighted by atomic mass is 16.6. The lowest BCUT2D eigenvalue weighted by Crippen LogP contribution is -2.44. The molecule has 3 heterocycles. The number of nitrogens with zero attached hydrogens (tertiary/aromatic N) is 4. The second kappa shape index (κ2) is 6.43. The van der Waals surface area contributed by atoms with Crippen molar-refractivity contribution in [2.45, 2.75) is 45.8 Å². The van der Waals surface area contributed by atoms with Crippen molar-refractivity contribution in [3.8, 4) is 0 Å². The van der Waals surface area contributed by atoms with E-state index in [-0.39, 0.29) is 29.8 Å². The topological polar surface area (TPSA) is 89.4 Å². The molecule has 29 heavy (non-hydrogen) atoms. The third-order valence-electron chi connectivity index (χ3n) is 5.77. The van der Waals surface area contributed by atoms with E-state index in [0.29, 0.717) is 13.1 Å². The maximum absolute atomic E-state index is 13.0. The Hall–Kier alpha value is -2.64. The maximum atomic E-state index is 13.0. The number of aryl methyl sites for hydroxylation is 1. The van der Waals surface area contributed by atoms with Crippen LogP contribution in [0.1, 0.15) is 40.3 Å². The maximum Gasteiger partial charge on any atom is 0.410 e. The Morgan fingerprint density at radius 1 is 1.17 bits per heavy atom. The predicted molar refractivity (Wildman–Crippen MR) is 108 cm³/mol. The smallest absolute Gasteiger partial charge is 0.410 e. The van der Waals surface area contributed by atoms with Gasteiger partial charge in [0.25, 0.3) is 0 Å². The van der Waals surface area contributed by atoms with Gasteiger partial charge in [0.15, 0.2) is 5.65 Å². The molecule has 2 amide bonds. The molecule has 1 N–H and O–H groups in total. The molecule has 3 atom stereocenters. The van der Waals surface area contributed by atoms with Gasteiger partial charge in [-0.3, -0.25) is 9.48 Å². The first-order chi connectivity index (χ1) is 13.5. The number of amides is 2. The number of rotatable bonds is 3. The van der Waals surface area contributed by atoms with Crippen LogP contribution in [0.4, 0.5) is 4.79 Å². The molecule has 0 bridgehead atoms. The highest BCUT2D eigenvalue weighted by Crippen LogP contribution is 2.52. The van der Waals surface area contributed by atoms with Crippen LogP contribution in [0.5, 0.6) is 0 Å². The van der Waals surface area contributed by atoms with Crippen LogP contribution in [0.15, 0.2) is 18.3 Å². The van der Waals surface area contributed by atoms with E-state index in [2.05, 4.69) is 15.4 Å². The zero-order valence-corrected chi connectivity index (χ0v) is 17.9. The van der Waals surface area contributed by atoms with E-state index in [9.17, 15) is 9.59 Å². The van der Waals surface area contributed by atoms with Crippen molar-refractivity contribution in [2.24, 2.45) is 24.8 Å². The largest absolute Gasteiger partial charge is 0.444 e. The van der Waals surface area contributed by atoms with E-state index in [1.165, 1.54) is 0 Å². The third-order valence-corrected chi connectivity index (χ3v) is 5.77. The van der Waals surface area contributed by atoms with Crippen LogP contribution in [0.2, 0.25) is 0 Å². The minimum atomic E-state index is -0.624. The fourth-order valence-electron chi connectivity index (χ4n) is 4.39. The van der Waals surface area contributed by atoms with Gasteiger partial charge < -0.3 is 15.0 Å². The highest BCUT2D eigenvalue weighted by Gasteiger charge is 2.61. The minimum absolute atomic E-state index is 0.0246. The van der Waals surface area contributed by atoms with Crippen LogP contribution in [0.3, 0.4) is 0 Å². The van der Waals surface area contributed by atoms with Crippen molar-refractivity contribution in [3.05, 3.63) is 24.0 Å². The van der Waals surface area contributed by atoms with Crippen molar-refractivity contribution >= 4 is 23.0 Å². The summed E-state index contributed by atoms with van der Waals surface area (Å²) < 4.78 is 7.18. The monoisotopic (exact) mass is 399 g/mol. The lowest BCUT2D eigenvalue weighted by atomic mass is 9.97. The molecule has 0 spiro atoms. The Morgan fingerprint density at radius 2 is 1.83 bits per heavy atom. The number of carbonyl (C=O) groups excluding carboxylic acids is 2. The fraction of sp³-hybridized carbons (Fsp3) is 0.619. The first-order valence-corrected chi connectivity index (χ1v) is 10.1. The summed E-state index contributed by atoms with van der Waals surface area (Å²) in [6.07, 6.45) is 1.44. The van der Waals surface area contributed by atoms with Gasteiger partial charge in [0.05, 0.1) is 11.2 Å². The van der Waals surface area contributed by atoms with Gasteiger partial charge in [-0.15, -0.1) is 0 Å². The summed E-state index contributed by atoms with van der Waals surface area (Å²) in [6.45, 7) is 10.7. The zero-order valence-electron chi connectivity index (χ0n) is 17.9. The van der Waals surface area contributed by atoms with Gasteiger partial charge >= 0.3 is 6.09 Å². The van der Waals surface area contributed by atoms with Gasteiger partial charge in [-0.2, -0.15) is 5.10 Å². The quantitative estimate of drug-likeness (QED) is 0.856. The molecule has 2 aliphatic rings.